The average molecular weight is 264 g/mol. The van der Waals surface area contributed by atoms with Crippen molar-refractivity contribution in [2.45, 2.75) is 16.0 Å². The summed E-state index contributed by atoms with van der Waals surface area (Å²) in [5, 5.41) is 8.90. The number of carbonyl (C=O) groups excluding carboxylic acids is 1. The summed E-state index contributed by atoms with van der Waals surface area (Å²) in [6.07, 6.45) is 1.94. The second kappa shape index (κ2) is 3.02. The summed E-state index contributed by atoms with van der Waals surface area (Å²) in [5.74, 6) is -0.983. The smallest absolute Gasteiger partial charge is 0.335 e. The number of hydrogen-bond acceptors (Lipinski definition) is 3. The highest BCUT2D eigenvalue weighted by molar-refractivity contribution is 9.11. The molecule has 0 bridgehead atoms. The van der Waals surface area contributed by atoms with Gasteiger partial charge in [-0.05, 0) is 0 Å². The van der Waals surface area contributed by atoms with E-state index in [1.165, 1.54) is 22.9 Å². The van der Waals surface area contributed by atoms with Crippen molar-refractivity contribution < 1.29 is 14.7 Å². The van der Waals surface area contributed by atoms with Crippen molar-refractivity contribution in [1.29, 1.82) is 0 Å². The van der Waals surface area contributed by atoms with Gasteiger partial charge in [0.15, 0.2) is 0 Å². The molecule has 13 heavy (non-hydrogen) atoms. The third-order valence-electron chi connectivity index (χ3n) is 1.99. The number of carboxylic acids is 1. The summed E-state index contributed by atoms with van der Waals surface area (Å²) < 4.78 is -0.209. The fourth-order valence-corrected chi connectivity index (χ4v) is 3.44. The highest BCUT2D eigenvalue weighted by atomic mass is 79.9. The van der Waals surface area contributed by atoms with Crippen LogP contribution in [0.15, 0.2) is 11.8 Å². The molecule has 0 aliphatic carbocycles. The molecule has 2 heterocycles. The number of hydrogen-bond donors (Lipinski definition) is 1. The number of rotatable bonds is 1. The number of amides is 1. The Balaban J connectivity index is 2.26. The molecule has 0 saturated carbocycles. The molecule has 2 rings (SSSR count). The van der Waals surface area contributed by atoms with E-state index in [1.807, 2.05) is 0 Å². The fourth-order valence-electron chi connectivity index (χ4n) is 1.24. The second-order valence-corrected chi connectivity index (χ2v) is 5.61. The molecule has 4 nitrogen and oxygen atoms in total. The summed E-state index contributed by atoms with van der Waals surface area (Å²) in [6.45, 7) is 0. The number of fused-ring (bicyclic) bond motifs is 1. The van der Waals surface area contributed by atoms with Crippen LogP contribution in [0.2, 0.25) is 0 Å². The third kappa shape index (κ3) is 1.38. The summed E-state index contributed by atoms with van der Waals surface area (Å²) in [5.41, 5.74) is 0.231. The first-order valence-electron chi connectivity index (χ1n) is 3.65. The first-order chi connectivity index (χ1) is 6.09. The number of β-lactam (4-membered cyclic amide) rings is 1. The van der Waals surface area contributed by atoms with Crippen LogP contribution in [0.5, 0.6) is 0 Å². The number of halogens is 1. The van der Waals surface area contributed by atoms with Crippen molar-refractivity contribution >= 4 is 39.6 Å². The van der Waals surface area contributed by atoms with E-state index in [9.17, 15) is 9.59 Å². The molecule has 70 valence electrons. The lowest BCUT2D eigenvalue weighted by Gasteiger charge is -2.41. The minimum atomic E-state index is -0.979. The van der Waals surface area contributed by atoms with Gasteiger partial charge < -0.3 is 10.0 Å². The summed E-state index contributed by atoms with van der Waals surface area (Å²) in [4.78, 5) is 23.2. The molecule has 1 fully saturated rings. The van der Waals surface area contributed by atoms with Crippen LogP contribution >= 0.6 is 27.7 Å². The van der Waals surface area contributed by atoms with Crippen molar-refractivity contribution in [1.82, 2.24) is 4.90 Å². The maximum atomic E-state index is 11.0. The Morgan fingerprint density at radius 1 is 1.77 bits per heavy atom. The monoisotopic (exact) mass is 263 g/mol. The zero-order valence-electron chi connectivity index (χ0n) is 6.44. The standard InChI is InChI=1S/C7H6BrNO3S/c8-6-3(7(11)12)2-9-4(10)1-5(9)13-6/h2,5-6H,1H2,(H,11,12)/t5-,6?/m1/s1. The number of carbonyl (C=O) groups is 2. The zero-order chi connectivity index (χ0) is 9.59. The van der Waals surface area contributed by atoms with Gasteiger partial charge >= 0.3 is 5.97 Å². The quantitative estimate of drug-likeness (QED) is 0.566. The van der Waals surface area contributed by atoms with Gasteiger partial charge in [0.1, 0.15) is 0 Å². The van der Waals surface area contributed by atoms with Crippen LogP contribution in [0.4, 0.5) is 0 Å². The lowest BCUT2D eigenvalue weighted by molar-refractivity contribution is -0.137. The Kier molecular flexibility index (Phi) is 2.11. The molecule has 2 aliphatic rings. The van der Waals surface area contributed by atoms with Gasteiger partial charge in [-0.15, -0.1) is 11.8 Å². The van der Waals surface area contributed by atoms with Crippen LogP contribution in [0, 0.1) is 0 Å². The van der Waals surface area contributed by atoms with E-state index in [-0.39, 0.29) is 21.0 Å². The Morgan fingerprint density at radius 3 is 3.00 bits per heavy atom. The SMILES string of the molecule is O=C(O)C1=CN2C(=O)C[C@H]2SC1Br. The largest absolute Gasteiger partial charge is 0.478 e. The summed E-state index contributed by atoms with van der Waals surface area (Å²) >= 11 is 4.70. The fraction of sp³-hybridized carbons (Fsp3) is 0.429. The third-order valence-corrected chi connectivity index (χ3v) is 4.34. The minimum Gasteiger partial charge on any atom is -0.478 e. The number of carboxylic acid groups (broad SMARTS) is 1. The molecule has 1 unspecified atom stereocenters. The van der Waals surface area contributed by atoms with Crippen LogP contribution < -0.4 is 0 Å². The highest BCUT2D eigenvalue weighted by Crippen LogP contribution is 2.42. The molecular weight excluding hydrogens is 258 g/mol. The molecule has 1 amide bonds. The summed E-state index contributed by atoms with van der Waals surface area (Å²) in [6, 6.07) is 0. The van der Waals surface area contributed by atoms with Crippen LogP contribution in [0.3, 0.4) is 0 Å². The normalized spacial score (nSPS) is 31.9. The summed E-state index contributed by atoms with van der Waals surface area (Å²) in [7, 11) is 0. The van der Waals surface area contributed by atoms with Crippen LogP contribution in [-0.2, 0) is 9.59 Å². The van der Waals surface area contributed by atoms with Crippen LogP contribution in [0.25, 0.3) is 0 Å². The number of thioether (sulfide) groups is 1. The molecule has 2 aliphatic heterocycles. The Bertz CT molecular complexity index is 317. The van der Waals surface area contributed by atoms with Gasteiger partial charge in [0, 0.05) is 6.20 Å². The van der Waals surface area contributed by atoms with Crippen molar-refractivity contribution in [3.63, 3.8) is 0 Å². The first kappa shape index (κ1) is 9.08. The average Bonchev–Trinajstić information content (AvgIpc) is 2.02. The number of alkyl halides is 1. The molecule has 1 N–H and O–H groups in total. The van der Waals surface area contributed by atoms with Gasteiger partial charge in [0.05, 0.1) is 21.5 Å². The van der Waals surface area contributed by atoms with E-state index < -0.39 is 5.97 Å². The molecule has 0 aromatic rings. The lowest BCUT2D eigenvalue weighted by atomic mass is 10.2. The van der Waals surface area contributed by atoms with Crippen LogP contribution in [0.1, 0.15) is 6.42 Å². The maximum absolute atomic E-state index is 11.0. The molecule has 6 heteroatoms. The second-order valence-electron chi connectivity index (χ2n) is 2.80. The molecule has 0 radical (unpaired) electrons. The van der Waals surface area contributed by atoms with E-state index in [0.29, 0.717) is 6.42 Å². The van der Waals surface area contributed by atoms with E-state index in [2.05, 4.69) is 15.9 Å². The Morgan fingerprint density at radius 2 is 2.46 bits per heavy atom. The Labute approximate surface area is 87.1 Å². The van der Waals surface area contributed by atoms with Crippen LogP contribution in [-0.4, -0.2) is 31.4 Å². The molecule has 2 atom stereocenters. The van der Waals surface area contributed by atoms with Crippen molar-refractivity contribution in [2.24, 2.45) is 0 Å². The molecule has 0 aromatic carbocycles. The first-order valence-corrected chi connectivity index (χ1v) is 5.51. The Hall–Kier alpha value is -0.490. The number of aliphatic carboxylic acids is 1. The predicted octanol–water partition coefficient (Wildman–Crippen LogP) is 0.981. The van der Waals surface area contributed by atoms with Crippen molar-refractivity contribution in [2.75, 3.05) is 0 Å². The van der Waals surface area contributed by atoms with Gasteiger partial charge in [0.2, 0.25) is 5.91 Å². The van der Waals surface area contributed by atoms with Gasteiger partial charge in [-0.3, -0.25) is 4.79 Å². The van der Waals surface area contributed by atoms with Crippen molar-refractivity contribution in [3.05, 3.63) is 11.8 Å². The molecule has 0 aromatic heterocycles. The van der Waals surface area contributed by atoms with Gasteiger partial charge in [0.25, 0.3) is 0 Å². The zero-order valence-corrected chi connectivity index (χ0v) is 8.84. The lowest BCUT2D eigenvalue weighted by Crippen LogP contribution is -2.50. The van der Waals surface area contributed by atoms with E-state index >= 15 is 0 Å². The van der Waals surface area contributed by atoms with E-state index in [4.69, 9.17) is 5.11 Å². The molecule has 1 saturated heterocycles. The predicted molar refractivity (Wildman–Crippen MR) is 51.3 cm³/mol. The maximum Gasteiger partial charge on any atom is 0.335 e. The van der Waals surface area contributed by atoms with Gasteiger partial charge in [-0.1, -0.05) is 15.9 Å². The highest BCUT2D eigenvalue weighted by Gasteiger charge is 2.42. The minimum absolute atomic E-state index is 0.00403. The van der Waals surface area contributed by atoms with E-state index in [0.717, 1.165) is 0 Å². The number of nitrogens with zero attached hydrogens (tertiary/aromatic N) is 1. The van der Waals surface area contributed by atoms with E-state index in [1.54, 1.807) is 0 Å². The molecular formula is C7H6BrNO3S. The van der Waals surface area contributed by atoms with Gasteiger partial charge in [-0.2, -0.15) is 0 Å². The van der Waals surface area contributed by atoms with Crippen molar-refractivity contribution in [3.8, 4) is 0 Å². The van der Waals surface area contributed by atoms with Gasteiger partial charge in [-0.25, -0.2) is 4.79 Å². The molecule has 0 spiro atoms. The topological polar surface area (TPSA) is 57.6 Å².